The summed E-state index contributed by atoms with van der Waals surface area (Å²) in [6.07, 6.45) is 3.12. The molecule has 0 aliphatic carbocycles. The average molecular weight is 316 g/mol. The van der Waals surface area contributed by atoms with Crippen molar-refractivity contribution in [3.05, 3.63) is 29.2 Å². The molecule has 0 radical (unpaired) electrons. The molecule has 1 atom stereocenters. The van der Waals surface area contributed by atoms with E-state index < -0.39 is 0 Å². The molecule has 0 amide bonds. The largest absolute Gasteiger partial charge is 0.496 e. The first-order valence-corrected chi connectivity index (χ1v) is 8.13. The molecule has 0 bridgehead atoms. The van der Waals surface area contributed by atoms with Crippen LogP contribution >= 0.6 is 0 Å². The lowest BCUT2D eigenvalue weighted by atomic mass is 9.89. The summed E-state index contributed by atoms with van der Waals surface area (Å²) in [5.41, 5.74) is 1.50. The Morgan fingerprint density at radius 2 is 1.83 bits per heavy atom. The molecule has 0 saturated carbocycles. The maximum Gasteiger partial charge on any atom is 0.487 e. The first-order chi connectivity index (χ1) is 10.7. The van der Waals surface area contributed by atoms with Gasteiger partial charge in [-0.2, -0.15) is 0 Å². The molecule has 2 aliphatic rings. The van der Waals surface area contributed by atoms with Gasteiger partial charge in [-0.05, 0) is 46.8 Å². The van der Waals surface area contributed by atoms with Gasteiger partial charge in [0.15, 0.2) is 0 Å². The summed E-state index contributed by atoms with van der Waals surface area (Å²) in [6.45, 7) is 10.3. The predicted molar refractivity (Wildman–Crippen MR) is 91.9 cm³/mol. The number of hydrogen-bond acceptors (Lipinski definition) is 4. The lowest BCUT2D eigenvalue weighted by Crippen LogP contribution is -2.41. The van der Waals surface area contributed by atoms with Crippen molar-refractivity contribution >= 4 is 13.2 Å². The minimum absolute atomic E-state index is 0.219. The van der Waals surface area contributed by atoms with Crippen LogP contribution in [0.25, 0.3) is 6.08 Å². The number of ether oxygens (including phenoxy) is 2. The van der Waals surface area contributed by atoms with Crippen molar-refractivity contribution in [2.45, 2.75) is 58.3 Å². The molecule has 2 aliphatic heterocycles. The molecule has 4 nitrogen and oxygen atoms in total. The Kier molecular flexibility index (Phi) is 3.97. The van der Waals surface area contributed by atoms with Crippen LogP contribution in [0.15, 0.2) is 18.1 Å². The van der Waals surface area contributed by atoms with Gasteiger partial charge >= 0.3 is 7.12 Å². The maximum absolute atomic E-state index is 5.99. The van der Waals surface area contributed by atoms with Crippen molar-refractivity contribution in [2.75, 3.05) is 7.11 Å². The third-order valence-electron chi connectivity index (χ3n) is 4.95. The van der Waals surface area contributed by atoms with E-state index in [2.05, 4.69) is 13.0 Å². The Bertz CT molecular complexity index is 620. The molecule has 1 aromatic carbocycles. The van der Waals surface area contributed by atoms with Gasteiger partial charge in [-0.1, -0.05) is 12.1 Å². The first kappa shape index (κ1) is 16.4. The first-order valence-electron chi connectivity index (χ1n) is 8.13. The van der Waals surface area contributed by atoms with Crippen molar-refractivity contribution in [2.24, 2.45) is 0 Å². The molecular weight excluding hydrogens is 291 g/mol. The van der Waals surface area contributed by atoms with Crippen LogP contribution in [-0.2, 0) is 15.7 Å². The van der Waals surface area contributed by atoms with Crippen molar-refractivity contribution in [1.82, 2.24) is 0 Å². The molecule has 1 saturated heterocycles. The fourth-order valence-electron chi connectivity index (χ4n) is 2.91. The second-order valence-electron chi connectivity index (χ2n) is 7.32. The maximum atomic E-state index is 5.99. The third kappa shape index (κ3) is 3.00. The molecule has 5 heteroatoms. The van der Waals surface area contributed by atoms with Crippen LogP contribution in [0.5, 0.6) is 11.5 Å². The minimum atomic E-state index is -0.363. The van der Waals surface area contributed by atoms with Gasteiger partial charge in [0.1, 0.15) is 17.6 Å². The van der Waals surface area contributed by atoms with Gasteiger partial charge in [-0.25, -0.2) is 0 Å². The van der Waals surface area contributed by atoms with Gasteiger partial charge < -0.3 is 18.8 Å². The molecule has 1 unspecified atom stereocenters. The van der Waals surface area contributed by atoms with Crippen LogP contribution in [0.2, 0.25) is 0 Å². The van der Waals surface area contributed by atoms with Gasteiger partial charge in [-0.15, -0.1) is 0 Å². The van der Waals surface area contributed by atoms with Crippen LogP contribution in [0.4, 0.5) is 0 Å². The second kappa shape index (κ2) is 5.57. The van der Waals surface area contributed by atoms with Gasteiger partial charge in [-0.3, -0.25) is 0 Å². The molecular formula is C18H25BO4. The van der Waals surface area contributed by atoms with E-state index in [0.717, 1.165) is 23.5 Å². The van der Waals surface area contributed by atoms with E-state index in [4.69, 9.17) is 18.8 Å². The highest BCUT2D eigenvalue weighted by Gasteiger charge is 2.50. The van der Waals surface area contributed by atoms with E-state index in [1.54, 1.807) is 7.11 Å². The number of methoxy groups -OCH3 is 1. The smallest absolute Gasteiger partial charge is 0.487 e. The Morgan fingerprint density at radius 3 is 2.43 bits per heavy atom. The zero-order valence-electron chi connectivity index (χ0n) is 14.8. The highest BCUT2D eigenvalue weighted by Crippen LogP contribution is 2.38. The van der Waals surface area contributed by atoms with Gasteiger partial charge in [0, 0.05) is 17.5 Å². The number of hydrogen-bond donors (Lipinski definition) is 0. The van der Waals surface area contributed by atoms with Crippen molar-refractivity contribution in [1.29, 1.82) is 0 Å². The number of benzene rings is 1. The molecule has 0 N–H and O–H groups in total. The summed E-state index contributed by atoms with van der Waals surface area (Å²) < 4.78 is 23.3. The van der Waals surface area contributed by atoms with E-state index >= 15 is 0 Å². The highest BCUT2D eigenvalue weighted by molar-refractivity contribution is 6.52. The van der Waals surface area contributed by atoms with Crippen LogP contribution < -0.4 is 9.47 Å². The van der Waals surface area contributed by atoms with E-state index in [9.17, 15) is 0 Å². The molecule has 1 fully saturated rings. The van der Waals surface area contributed by atoms with Crippen molar-refractivity contribution in [3.8, 4) is 11.5 Å². The van der Waals surface area contributed by atoms with Crippen LogP contribution in [0.3, 0.4) is 0 Å². The average Bonchev–Trinajstić information content (AvgIpc) is 2.90. The lowest BCUT2D eigenvalue weighted by Gasteiger charge is -2.32. The lowest BCUT2D eigenvalue weighted by molar-refractivity contribution is 0.00578. The fourth-order valence-corrected chi connectivity index (χ4v) is 2.91. The molecule has 124 valence electrons. The quantitative estimate of drug-likeness (QED) is 0.798. The minimum Gasteiger partial charge on any atom is -0.496 e. The molecule has 1 aromatic rings. The Labute approximate surface area is 138 Å². The van der Waals surface area contributed by atoms with E-state index in [-0.39, 0.29) is 24.4 Å². The second-order valence-corrected chi connectivity index (χ2v) is 7.32. The molecule has 2 heterocycles. The third-order valence-corrected chi connectivity index (χ3v) is 4.95. The fraction of sp³-hybridized carbons (Fsp3) is 0.556. The van der Waals surface area contributed by atoms with E-state index in [1.165, 1.54) is 5.56 Å². The van der Waals surface area contributed by atoms with Crippen LogP contribution in [-0.4, -0.2) is 31.5 Å². The summed E-state index contributed by atoms with van der Waals surface area (Å²) >= 11 is 0. The Hall–Kier alpha value is -1.46. The van der Waals surface area contributed by atoms with Crippen LogP contribution in [0, 0.1) is 0 Å². The Morgan fingerprint density at radius 1 is 1.17 bits per heavy atom. The molecule has 0 spiro atoms. The Balaban J connectivity index is 1.82. The predicted octanol–water partition coefficient (Wildman–Crippen LogP) is 3.66. The number of rotatable bonds is 3. The van der Waals surface area contributed by atoms with Crippen molar-refractivity contribution < 1.29 is 18.8 Å². The summed E-state index contributed by atoms with van der Waals surface area (Å²) in [7, 11) is 1.32. The van der Waals surface area contributed by atoms with Crippen molar-refractivity contribution in [3.63, 3.8) is 0 Å². The van der Waals surface area contributed by atoms with E-state index in [0.29, 0.717) is 0 Å². The summed E-state index contributed by atoms with van der Waals surface area (Å²) in [6, 6.07) is 4.09. The standard InChI is InChI=1S/C18H25BO4/c1-12-9-14-11-15(20-6)13(10-16(14)21-12)7-8-19-22-17(2,3)18(4,5)23-19/h7-8,10-12H,9H2,1-6H3/b8-7+. The van der Waals surface area contributed by atoms with Gasteiger partial charge in [0.05, 0.1) is 18.3 Å². The van der Waals surface area contributed by atoms with E-state index in [1.807, 2.05) is 45.8 Å². The normalized spacial score (nSPS) is 24.8. The SMILES string of the molecule is COc1cc2c(cc1/C=C/B1OC(C)(C)C(C)(C)O1)OC(C)C2. The summed E-state index contributed by atoms with van der Waals surface area (Å²) in [4.78, 5) is 0. The molecule has 0 aromatic heterocycles. The van der Waals surface area contributed by atoms with Gasteiger partial charge in [0.2, 0.25) is 0 Å². The monoisotopic (exact) mass is 316 g/mol. The summed E-state index contributed by atoms with van der Waals surface area (Å²) in [5.74, 6) is 3.71. The topological polar surface area (TPSA) is 36.9 Å². The summed E-state index contributed by atoms with van der Waals surface area (Å²) in [5, 5.41) is 0. The number of fused-ring (bicyclic) bond motifs is 1. The zero-order chi connectivity index (χ0) is 16.8. The zero-order valence-corrected chi connectivity index (χ0v) is 14.8. The highest BCUT2D eigenvalue weighted by atomic mass is 16.7. The van der Waals surface area contributed by atoms with Gasteiger partial charge in [0.25, 0.3) is 0 Å². The van der Waals surface area contributed by atoms with Crippen LogP contribution in [0.1, 0.15) is 45.7 Å². The molecule has 3 rings (SSSR count). The molecule has 23 heavy (non-hydrogen) atoms.